The Morgan fingerprint density at radius 2 is 1.95 bits per heavy atom. The molecule has 0 aromatic carbocycles. The topological polar surface area (TPSA) is 50.7 Å². The molecule has 0 bridgehead atoms. The molecule has 106 valence electrons. The number of hydrogen-bond donors (Lipinski definition) is 1. The van der Waals surface area contributed by atoms with Crippen molar-refractivity contribution in [2.45, 2.75) is 26.7 Å². The van der Waals surface area contributed by atoms with E-state index < -0.39 is 0 Å². The first-order chi connectivity index (χ1) is 9.63. The quantitative estimate of drug-likeness (QED) is 0.806. The van der Waals surface area contributed by atoms with Crippen molar-refractivity contribution >= 4 is 37.7 Å². The Morgan fingerprint density at radius 1 is 1.15 bits per heavy atom. The predicted molar refractivity (Wildman–Crippen MR) is 88.8 cm³/mol. The lowest BCUT2D eigenvalue weighted by Gasteiger charge is -2.09. The molecule has 2 aromatic heterocycles. The van der Waals surface area contributed by atoms with Crippen LogP contribution in [0.4, 0.5) is 5.82 Å². The minimum atomic E-state index is 0.641. The highest BCUT2D eigenvalue weighted by Crippen LogP contribution is 2.27. The van der Waals surface area contributed by atoms with Gasteiger partial charge in [0.05, 0.1) is 0 Å². The average molecular weight is 400 g/mol. The number of pyridine rings is 1. The van der Waals surface area contributed by atoms with Crippen molar-refractivity contribution in [2.24, 2.45) is 0 Å². The fourth-order valence-corrected chi connectivity index (χ4v) is 2.87. The number of aryl methyl sites for hydroxylation is 1. The number of rotatable bonds is 5. The molecule has 0 saturated heterocycles. The van der Waals surface area contributed by atoms with Crippen molar-refractivity contribution in [1.29, 1.82) is 0 Å². The normalized spacial score (nSPS) is 10.6. The fraction of sp³-hybridized carbons (Fsp3) is 0.357. The van der Waals surface area contributed by atoms with Crippen LogP contribution in [0, 0.1) is 0 Å². The Kier molecular flexibility index (Phi) is 5.48. The van der Waals surface area contributed by atoms with Crippen molar-refractivity contribution < 1.29 is 0 Å². The predicted octanol–water partition coefficient (Wildman–Crippen LogP) is 4.45. The molecule has 0 aliphatic heterocycles. The van der Waals surface area contributed by atoms with Gasteiger partial charge >= 0.3 is 0 Å². The van der Waals surface area contributed by atoms with E-state index in [0.717, 1.165) is 45.5 Å². The van der Waals surface area contributed by atoms with Gasteiger partial charge in [0.2, 0.25) is 0 Å². The van der Waals surface area contributed by atoms with E-state index in [9.17, 15) is 0 Å². The first-order valence-corrected chi connectivity index (χ1v) is 8.15. The second-order valence-corrected chi connectivity index (χ2v) is 6.10. The first kappa shape index (κ1) is 15.4. The molecule has 0 radical (unpaired) electrons. The molecule has 4 nitrogen and oxygen atoms in total. The molecule has 0 fully saturated rings. The number of anilines is 1. The van der Waals surface area contributed by atoms with E-state index in [1.54, 1.807) is 6.20 Å². The standard InChI is InChI=1S/C14H16Br2N4/c1-3-5-17-12-7-10(4-2)19-14(20-12)13-11(16)6-9(15)8-18-13/h6-8H,3-5H2,1-2H3,(H,17,19,20). The van der Waals surface area contributed by atoms with Gasteiger partial charge in [0.15, 0.2) is 5.82 Å². The zero-order valence-corrected chi connectivity index (χ0v) is 14.6. The van der Waals surface area contributed by atoms with Gasteiger partial charge in [0.1, 0.15) is 11.5 Å². The lowest BCUT2D eigenvalue weighted by atomic mass is 10.2. The summed E-state index contributed by atoms with van der Waals surface area (Å²) in [7, 11) is 0. The van der Waals surface area contributed by atoms with Crippen LogP contribution in [0.1, 0.15) is 26.0 Å². The molecule has 2 aromatic rings. The van der Waals surface area contributed by atoms with E-state index >= 15 is 0 Å². The summed E-state index contributed by atoms with van der Waals surface area (Å²) in [5.74, 6) is 1.49. The summed E-state index contributed by atoms with van der Waals surface area (Å²) in [5, 5.41) is 3.31. The Morgan fingerprint density at radius 3 is 2.60 bits per heavy atom. The molecule has 0 amide bonds. The minimum absolute atomic E-state index is 0.641. The van der Waals surface area contributed by atoms with E-state index in [-0.39, 0.29) is 0 Å². The fourth-order valence-electron chi connectivity index (χ4n) is 1.71. The summed E-state index contributed by atoms with van der Waals surface area (Å²) in [6, 6.07) is 3.94. The summed E-state index contributed by atoms with van der Waals surface area (Å²) in [6.07, 6.45) is 3.67. The van der Waals surface area contributed by atoms with E-state index in [2.05, 4.69) is 66.0 Å². The number of nitrogens with one attached hydrogen (secondary N) is 1. The molecule has 0 atom stereocenters. The van der Waals surface area contributed by atoms with Gasteiger partial charge in [-0.05, 0) is 50.8 Å². The molecule has 0 saturated carbocycles. The summed E-state index contributed by atoms with van der Waals surface area (Å²) in [5.41, 5.74) is 1.76. The third kappa shape index (κ3) is 3.76. The van der Waals surface area contributed by atoms with E-state index in [0.29, 0.717) is 5.82 Å². The molecule has 6 heteroatoms. The van der Waals surface area contributed by atoms with Crippen LogP contribution in [0.5, 0.6) is 0 Å². The Bertz CT molecular complexity index is 602. The van der Waals surface area contributed by atoms with Gasteiger partial charge in [-0.2, -0.15) is 0 Å². The van der Waals surface area contributed by atoms with Crippen LogP contribution in [-0.2, 0) is 6.42 Å². The lowest BCUT2D eigenvalue weighted by Crippen LogP contribution is -2.06. The van der Waals surface area contributed by atoms with Crippen molar-refractivity contribution in [2.75, 3.05) is 11.9 Å². The highest BCUT2D eigenvalue weighted by molar-refractivity contribution is 9.11. The zero-order chi connectivity index (χ0) is 14.5. The molecule has 0 unspecified atom stereocenters. The van der Waals surface area contributed by atoms with Crippen molar-refractivity contribution in [1.82, 2.24) is 15.0 Å². The number of halogens is 2. The molecule has 20 heavy (non-hydrogen) atoms. The van der Waals surface area contributed by atoms with Crippen LogP contribution in [0.15, 0.2) is 27.3 Å². The van der Waals surface area contributed by atoms with E-state index in [1.165, 1.54) is 0 Å². The number of hydrogen-bond acceptors (Lipinski definition) is 4. The summed E-state index contributed by atoms with van der Waals surface area (Å²) < 4.78 is 1.80. The molecular weight excluding hydrogens is 384 g/mol. The van der Waals surface area contributed by atoms with Gasteiger partial charge in [-0.3, -0.25) is 4.98 Å². The maximum atomic E-state index is 4.56. The van der Waals surface area contributed by atoms with Crippen LogP contribution >= 0.6 is 31.9 Å². The molecule has 0 spiro atoms. The SMILES string of the molecule is CCCNc1cc(CC)nc(-c2ncc(Br)cc2Br)n1. The van der Waals surface area contributed by atoms with Crippen LogP contribution < -0.4 is 5.32 Å². The lowest BCUT2D eigenvalue weighted by molar-refractivity contribution is 0.948. The zero-order valence-electron chi connectivity index (χ0n) is 11.5. The summed E-state index contributed by atoms with van der Waals surface area (Å²) >= 11 is 6.91. The van der Waals surface area contributed by atoms with Crippen LogP contribution in [0.25, 0.3) is 11.5 Å². The summed E-state index contributed by atoms with van der Waals surface area (Å²) in [4.78, 5) is 13.5. The average Bonchev–Trinajstić information content (AvgIpc) is 2.44. The molecule has 0 aliphatic rings. The van der Waals surface area contributed by atoms with Crippen LogP contribution in [0.2, 0.25) is 0 Å². The monoisotopic (exact) mass is 398 g/mol. The second kappa shape index (κ2) is 7.13. The van der Waals surface area contributed by atoms with E-state index in [1.807, 2.05) is 12.1 Å². The van der Waals surface area contributed by atoms with Crippen LogP contribution in [0.3, 0.4) is 0 Å². The Balaban J connectivity index is 2.44. The minimum Gasteiger partial charge on any atom is -0.370 e. The third-order valence-electron chi connectivity index (χ3n) is 2.72. The largest absolute Gasteiger partial charge is 0.370 e. The Labute approximate surface area is 135 Å². The molecule has 1 N–H and O–H groups in total. The molecular formula is C14H16Br2N4. The van der Waals surface area contributed by atoms with Gasteiger partial charge in [-0.25, -0.2) is 9.97 Å². The molecule has 2 heterocycles. The van der Waals surface area contributed by atoms with Gasteiger partial charge < -0.3 is 5.32 Å². The third-order valence-corrected chi connectivity index (χ3v) is 3.76. The highest BCUT2D eigenvalue weighted by atomic mass is 79.9. The van der Waals surface area contributed by atoms with Gasteiger partial charge in [0.25, 0.3) is 0 Å². The number of aromatic nitrogens is 3. The van der Waals surface area contributed by atoms with Gasteiger partial charge in [0, 0.05) is 33.4 Å². The van der Waals surface area contributed by atoms with E-state index in [4.69, 9.17) is 0 Å². The maximum absolute atomic E-state index is 4.56. The van der Waals surface area contributed by atoms with Crippen molar-refractivity contribution in [3.05, 3.63) is 33.0 Å². The molecule has 0 aliphatic carbocycles. The van der Waals surface area contributed by atoms with Gasteiger partial charge in [-0.1, -0.05) is 13.8 Å². The smallest absolute Gasteiger partial charge is 0.181 e. The van der Waals surface area contributed by atoms with Crippen molar-refractivity contribution in [3.8, 4) is 11.5 Å². The maximum Gasteiger partial charge on any atom is 0.181 e. The highest BCUT2D eigenvalue weighted by Gasteiger charge is 2.11. The second-order valence-electron chi connectivity index (χ2n) is 4.33. The van der Waals surface area contributed by atoms with Gasteiger partial charge in [-0.15, -0.1) is 0 Å². The van der Waals surface area contributed by atoms with Crippen molar-refractivity contribution in [3.63, 3.8) is 0 Å². The first-order valence-electron chi connectivity index (χ1n) is 6.57. The summed E-state index contributed by atoms with van der Waals surface area (Å²) in [6.45, 7) is 5.11. The molecule has 2 rings (SSSR count). The van der Waals surface area contributed by atoms with Crippen LogP contribution in [-0.4, -0.2) is 21.5 Å². The Hall–Kier alpha value is -1.01. The number of nitrogens with zero attached hydrogens (tertiary/aromatic N) is 3.